The normalized spacial score (nSPS) is 12.9. The molecule has 0 unspecified atom stereocenters. The van der Waals surface area contributed by atoms with Crippen molar-refractivity contribution >= 4 is 23.5 Å². The van der Waals surface area contributed by atoms with Gasteiger partial charge in [-0.3, -0.25) is 4.79 Å². The second-order valence-corrected chi connectivity index (χ2v) is 7.49. The fourth-order valence-corrected chi connectivity index (χ4v) is 3.67. The van der Waals surface area contributed by atoms with E-state index in [1.807, 2.05) is 30.3 Å². The lowest BCUT2D eigenvalue weighted by Crippen LogP contribution is -2.39. The topological polar surface area (TPSA) is 73.7 Å². The maximum absolute atomic E-state index is 12.7. The zero-order chi connectivity index (χ0) is 21.8. The predicted molar refractivity (Wildman–Crippen MR) is 116 cm³/mol. The lowest BCUT2D eigenvalue weighted by atomic mass is 10.0. The molecule has 1 amide bonds. The zero-order valence-electron chi connectivity index (χ0n) is 17.1. The monoisotopic (exact) mass is 439 g/mol. The minimum absolute atomic E-state index is 0.0700. The van der Waals surface area contributed by atoms with E-state index in [0.29, 0.717) is 29.3 Å². The fraction of sp³-hybridized carbons (Fsp3) is 0.261. The van der Waals surface area contributed by atoms with Gasteiger partial charge in [-0.15, -0.1) is 0 Å². The van der Waals surface area contributed by atoms with Crippen LogP contribution in [-0.4, -0.2) is 46.3 Å². The molecule has 0 spiro atoms. The second-order valence-electron chi connectivity index (χ2n) is 7.05. The Hall–Kier alpha value is -3.32. The number of rotatable bonds is 6. The first-order chi connectivity index (χ1) is 15.1. The van der Waals surface area contributed by atoms with E-state index in [1.54, 1.807) is 40.8 Å². The predicted octanol–water partition coefficient (Wildman–Crippen LogP) is 3.67. The molecule has 0 saturated carbocycles. The number of nitrogens with zero attached hydrogens (tertiary/aromatic N) is 3. The van der Waals surface area contributed by atoms with E-state index >= 15 is 0 Å². The van der Waals surface area contributed by atoms with Crippen LogP contribution >= 0.6 is 11.6 Å². The molecule has 0 aliphatic carbocycles. The van der Waals surface area contributed by atoms with E-state index in [0.717, 1.165) is 11.4 Å². The summed E-state index contributed by atoms with van der Waals surface area (Å²) in [6.45, 7) is 2.70. The van der Waals surface area contributed by atoms with Gasteiger partial charge in [0, 0.05) is 23.6 Å². The van der Waals surface area contributed by atoms with Gasteiger partial charge in [0.2, 0.25) is 0 Å². The number of hydrogen-bond donors (Lipinski definition) is 0. The van der Waals surface area contributed by atoms with Crippen LogP contribution in [0.5, 0.6) is 5.75 Å². The standard InChI is InChI=1S/C23H22ClN3O4/c1-2-30-23(29)22-19-14-26(21(28)15-31-18-6-4-3-5-7-18)13-12-20(19)27(25-22)17-10-8-16(24)9-11-17/h3-11H,2,12-15H2,1H3. The van der Waals surface area contributed by atoms with Gasteiger partial charge in [-0.2, -0.15) is 5.10 Å². The van der Waals surface area contributed by atoms with Gasteiger partial charge in [0.25, 0.3) is 5.91 Å². The van der Waals surface area contributed by atoms with Crippen molar-refractivity contribution < 1.29 is 19.1 Å². The Morgan fingerprint density at radius 3 is 2.55 bits per heavy atom. The molecular weight excluding hydrogens is 418 g/mol. The average Bonchev–Trinajstić information content (AvgIpc) is 3.18. The number of amides is 1. The molecule has 0 bridgehead atoms. The van der Waals surface area contributed by atoms with E-state index in [-0.39, 0.29) is 31.4 Å². The van der Waals surface area contributed by atoms with E-state index in [4.69, 9.17) is 21.1 Å². The lowest BCUT2D eigenvalue weighted by molar-refractivity contribution is -0.134. The van der Waals surface area contributed by atoms with Crippen molar-refractivity contribution in [3.8, 4) is 11.4 Å². The van der Waals surface area contributed by atoms with Crippen LogP contribution in [0.2, 0.25) is 5.02 Å². The van der Waals surface area contributed by atoms with E-state index < -0.39 is 5.97 Å². The summed E-state index contributed by atoms with van der Waals surface area (Å²) < 4.78 is 12.5. The number of aromatic nitrogens is 2. The lowest BCUT2D eigenvalue weighted by Gasteiger charge is -2.27. The molecule has 1 aliphatic rings. The number of carbonyl (C=O) groups excluding carboxylic acids is 2. The van der Waals surface area contributed by atoms with Crippen LogP contribution in [0.3, 0.4) is 0 Å². The molecule has 1 aliphatic heterocycles. The molecule has 0 saturated heterocycles. The van der Waals surface area contributed by atoms with Crippen LogP contribution in [0.15, 0.2) is 54.6 Å². The number of carbonyl (C=O) groups is 2. The van der Waals surface area contributed by atoms with Crippen LogP contribution in [0.25, 0.3) is 5.69 Å². The Balaban J connectivity index is 1.58. The van der Waals surface area contributed by atoms with Crippen molar-refractivity contribution in [3.63, 3.8) is 0 Å². The number of halogens is 1. The Labute approximate surface area is 185 Å². The highest BCUT2D eigenvalue weighted by Gasteiger charge is 2.31. The van der Waals surface area contributed by atoms with Gasteiger partial charge in [-0.1, -0.05) is 29.8 Å². The molecule has 2 heterocycles. The van der Waals surface area contributed by atoms with Crippen molar-refractivity contribution in [1.82, 2.24) is 14.7 Å². The average molecular weight is 440 g/mol. The molecule has 7 nitrogen and oxygen atoms in total. The maximum Gasteiger partial charge on any atom is 0.359 e. The first-order valence-electron chi connectivity index (χ1n) is 10.1. The van der Waals surface area contributed by atoms with Gasteiger partial charge in [0.1, 0.15) is 5.75 Å². The smallest absolute Gasteiger partial charge is 0.359 e. The van der Waals surface area contributed by atoms with Gasteiger partial charge in [-0.25, -0.2) is 9.48 Å². The molecule has 1 aromatic heterocycles. The minimum atomic E-state index is -0.499. The minimum Gasteiger partial charge on any atom is -0.484 e. The molecule has 31 heavy (non-hydrogen) atoms. The third-order valence-electron chi connectivity index (χ3n) is 5.06. The molecule has 2 aromatic carbocycles. The molecule has 8 heteroatoms. The first-order valence-corrected chi connectivity index (χ1v) is 10.4. The van der Waals surface area contributed by atoms with Crippen LogP contribution in [-0.2, 0) is 22.5 Å². The molecule has 0 radical (unpaired) electrons. The second kappa shape index (κ2) is 9.22. The molecule has 0 atom stereocenters. The van der Waals surface area contributed by atoms with Crippen molar-refractivity contribution in [2.24, 2.45) is 0 Å². The molecule has 0 N–H and O–H groups in total. The number of fused-ring (bicyclic) bond motifs is 1. The van der Waals surface area contributed by atoms with E-state index in [9.17, 15) is 9.59 Å². The van der Waals surface area contributed by atoms with E-state index in [1.165, 1.54) is 0 Å². The summed E-state index contributed by atoms with van der Waals surface area (Å²) in [7, 11) is 0. The summed E-state index contributed by atoms with van der Waals surface area (Å²) >= 11 is 6.01. The number of esters is 1. The Bertz CT molecular complexity index is 1080. The number of para-hydroxylation sites is 1. The molecule has 3 aromatic rings. The third kappa shape index (κ3) is 4.56. The highest BCUT2D eigenvalue weighted by atomic mass is 35.5. The largest absolute Gasteiger partial charge is 0.484 e. The van der Waals surface area contributed by atoms with Crippen molar-refractivity contribution in [1.29, 1.82) is 0 Å². The molecule has 4 rings (SSSR count). The van der Waals surface area contributed by atoms with Crippen LogP contribution in [0.1, 0.15) is 28.7 Å². The van der Waals surface area contributed by atoms with Crippen LogP contribution in [0.4, 0.5) is 0 Å². The molecular formula is C23H22ClN3O4. The Morgan fingerprint density at radius 1 is 1.10 bits per heavy atom. The number of ether oxygens (including phenoxy) is 2. The number of hydrogen-bond acceptors (Lipinski definition) is 5. The van der Waals surface area contributed by atoms with Gasteiger partial charge in [0.05, 0.1) is 24.5 Å². The van der Waals surface area contributed by atoms with Crippen molar-refractivity contribution in [2.75, 3.05) is 19.8 Å². The summed E-state index contributed by atoms with van der Waals surface area (Å²) in [6.07, 6.45) is 0.557. The van der Waals surface area contributed by atoms with Gasteiger partial charge >= 0.3 is 5.97 Å². The van der Waals surface area contributed by atoms with Crippen molar-refractivity contribution in [3.05, 3.63) is 76.6 Å². The highest BCUT2D eigenvalue weighted by molar-refractivity contribution is 6.30. The highest BCUT2D eigenvalue weighted by Crippen LogP contribution is 2.27. The first kappa shape index (κ1) is 20.9. The van der Waals surface area contributed by atoms with Gasteiger partial charge < -0.3 is 14.4 Å². The van der Waals surface area contributed by atoms with Gasteiger partial charge in [-0.05, 0) is 43.3 Å². The van der Waals surface area contributed by atoms with Gasteiger partial charge in [0.15, 0.2) is 12.3 Å². The summed E-state index contributed by atoms with van der Waals surface area (Å²) in [4.78, 5) is 27.0. The summed E-state index contributed by atoms with van der Waals surface area (Å²) in [5, 5.41) is 5.14. The summed E-state index contributed by atoms with van der Waals surface area (Å²) in [6, 6.07) is 16.4. The zero-order valence-corrected chi connectivity index (χ0v) is 17.8. The molecule has 160 valence electrons. The fourth-order valence-electron chi connectivity index (χ4n) is 3.54. The maximum atomic E-state index is 12.7. The molecule has 0 fully saturated rings. The summed E-state index contributed by atoms with van der Waals surface area (Å²) in [5.41, 5.74) is 2.61. The quantitative estimate of drug-likeness (QED) is 0.548. The Kier molecular flexibility index (Phi) is 6.23. The Morgan fingerprint density at radius 2 is 1.84 bits per heavy atom. The van der Waals surface area contributed by atoms with Crippen molar-refractivity contribution in [2.45, 2.75) is 19.9 Å². The SMILES string of the molecule is CCOC(=O)c1nn(-c2ccc(Cl)cc2)c2c1CN(C(=O)COc1ccccc1)CC2. The summed E-state index contributed by atoms with van der Waals surface area (Å²) in [5.74, 6) is -0.0128. The number of benzene rings is 2. The third-order valence-corrected chi connectivity index (χ3v) is 5.31. The van der Waals surface area contributed by atoms with Crippen LogP contribution < -0.4 is 4.74 Å². The van der Waals surface area contributed by atoms with Crippen LogP contribution in [0, 0.1) is 0 Å². The van der Waals surface area contributed by atoms with E-state index in [2.05, 4.69) is 5.10 Å².